The summed E-state index contributed by atoms with van der Waals surface area (Å²) >= 11 is 0. The van der Waals surface area contributed by atoms with E-state index in [4.69, 9.17) is 4.52 Å². The summed E-state index contributed by atoms with van der Waals surface area (Å²) in [6.07, 6.45) is 10.8. The molecule has 5 heteroatoms. The van der Waals surface area contributed by atoms with E-state index < -0.39 is 0 Å². The first-order valence-electron chi connectivity index (χ1n) is 13.4. The van der Waals surface area contributed by atoms with Crippen molar-refractivity contribution in [3.63, 3.8) is 0 Å². The van der Waals surface area contributed by atoms with Gasteiger partial charge in [0.15, 0.2) is 0 Å². The SMILES string of the molecule is Cc1cccc(C)c1-c1noc(C2CC2)c1C1=CC2(CCN(c3ccc4c(C)nc(C)n4c3)CC2)C1. The van der Waals surface area contributed by atoms with Gasteiger partial charge in [-0.2, -0.15) is 0 Å². The van der Waals surface area contributed by atoms with Gasteiger partial charge in [-0.3, -0.25) is 0 Å². The molecule has 7 rings (SSSR count). The lowest BCUT2D eigenvalue weighted by Gasteiger charge is -2.47. The van der Waals surface area contributed by atoms with Gasteiger partial charge in [-0.05, 0) is 94.0 Å². The average molecular weight is 479 g/mol. The molecule has 0 radical (unpaired) electrons. The minimum Gasteiger partial charge on any atom is -0.370 e. The molecule has 0 N–H and O–H groups in total. The van der Waals surface area contributed by atoms with Crippen molar-refractivity contribution < 1.29 is 4.52 Å². The molecule has 4 heterocycles. The van der Waals surface area contributed by atoms with Crippen molar-refractivity contribution in [2.75, 3.05) is 18.0 Å². The van der Waals surface area contributed by atoms with Crippen molar-refractivity contribution in [2.24, 2.45) is 5.41 Å². The van der Waals surface area contributed by atoms with E-state index in [1.54, 1.807) is 0 Å². The topological polar surface area (TPSA) is 46.6 Å². The van der Waals surface area contributed by atoms with E-state index in [0.29, 0.717) is 11.3 Å². The number of rotatable bonds is 4. The number of fused-ring (bicyclic) bond motifs is 1. The largest absolute Gasteiger partial charge is 0.370 e. The molecule has 0 atom stereocenters. The molecule has 1 saturated heterocycles. The Morgan fingerprint density at radius 3 is 2.36 bits per heavy atom. The van der Waals surface area contributed by atoms with Crippen molar-refractivity contribution in [1.82, 2.24) is 14.5 Å². The van der Waals surface area contributed by atoms with Gasteiger partial charge in [0.25, 0.3) is 0 Å². The van der Waals surface area contributed by atoms with E-state index >= 15 is 0 Å². The van der Waals surface area contributed by atoms with E-state index in [1.165, 1.54) is 64.7 Å². The highest BCUT2D eigenvalue weighted by molar-refractivity contribution is 5.86. The van der Waals surface area contributed by atoms with Gasteiger partial charge in [0.2, 0.25) is 0 Å². The smallest absolute Gasteiger partial charge is 0.147 e. The predicted molar refractivity (Wildman–Crippen MR) is 145 cm³/mol. The van der Waals surface area contributed by atoms with Crippen LogP contribution in [0.1, 0.15) is 72.0 Å². The van der Waals surface area contributed by atoms with Crippen molar-refractivity contribution in [2.45, 2.75) is 65.7 Å². The molecule has 36 heavy (non-hydrogen) atoms. The Morgan fingerprint density at radius 1 is 0.944 bits per heavy atom. The number of aryl methyl sites for hydroxylation is 4. The van der Waals surface area contributed by atoms with Gasteiger partial charge in [0.05, 0.1) is 16.9 Å². The second-order valence-corrected chi connectivity index (χ2v) is 11.4. The summed E-state index contributed by atoms with van der Waals surface area (Å²) in [6, 6.07) is 11.0. The van der Waals surface area contributed by atoms with Crippen LogP contribution in [0.4, 0.5) is 5.69 Å². The Labute approximate surface area is 212 Å². The number of benzene rings is 1. The van der Waals surface area contributed by atoms with E-state index in [1.807, 2.05) is 0 Å². The van der Waals surface area contributed by atoms with Crippen molar-refractivity contribution >= 4 is 16.8 Å². The maximum Gasteiger partial charge on any atom is 0.147 e. The van der Waals surface area contributed by atoms with E-state index in [9.17, 15) is 0 Å². The quantitative estimate of drug-likeness (QED) is 0.312. The monoisotopic (exact) mass is 478 g/mol. The molecule has 1 saturated carbocycles. The third kappa shape index (κ3) is 3.36. The number of hydrogen-bond acceptors (Lipinski definition) is 4. The highest BCUT2D eigenvalue weighted by Gasteiger charge is 2.44. The van der Waals surface area contributed by atoms with Crippen LogP contribution in [-0.4, -0.2) is 27.6 Å². The standard InChI is InChI=1S/C31H34N4O/c1-19-6-5-7-20(2)27(19)29-28(30(36-33-29)23-8-9-23)24-16-31(17-24)12-14-34(15-13-31)25-10-11-26-21(3)32-22(4)35(26)18-25/h5-7,10-11,16,18,23H,8-9,12-15,17H2,1-4H3. The van der Waals surface area contributed by atoms with Crippen LogP contribution >= 0.6 is 0 Å². The minimum atomic E-state index is 0.313. The van der Waals surface area contributed by atoms with Crippen LogP contribution < -0.4 is 4.90 Å². The molecule has 1 aliphatic heterocycles. The van der Waals surface area contributed by atoms with Gasteiger partial charge in [-0.1, -0.05) is 29.4 Å². The normalized spacial score (nSPS) is 19.1. The molecule has 1 aromatic carbocycles. The van der Waals surface area contributed by atoms with E-state index in [2.05, 4.69) is 89.7 Å². The summed E-state index contributed by atoms with van der Waals surface area (Å²) in [5.74, 6) is 2.74. The highest BCUT2D eigenvalue weighted by atomic mass is 16.5. The van der Waals surface area contributed by atoms with Crippen LogP contribution in [0.2, 0.25) is 0 Å². The van der Waals surface area contributed by atoms with Crippen LogP contribution in [0.25, 0.3) is 22.3 Å². The van der Waals surface area contributed by atoms with Crippen molar-refractivity contribution in [3.8, 4) is 11.3 Å². The van der Waals surface area contributed by atoms with Crippen molar-refractivity contribution in [3.05, 3.63) is 76.6 Å². The van der Waals surface area contributed by atoms with Crippen LogP contribution in [0.5, 0.6) is 0 Å². The number of hydrogen-bond donors (Lipinski definition) is 0. The third-order valence-corrected chi connectivity index (χ3v) is 8.83. The van der Waals surface area contributed by atoms with Gasteiger partial charge >= 0.3 is 0 Å². The fraction of sp³-hybridized carbons (Fsp3) is 0.419. The maximum absolute atomic E-state index is 6.03. The number of imidazole rings is 1. The molecule has 0 unspecified atom stereocenters. The average Bonchev–Trinajstić information content (AvgIpc) is 3.55. The molecular weight excluding hydrogens is 444 g/mol. The molecule has 3 aliphatic rings. The fourth-order valence-electron chi connectivity index (χ4n) is 6.60. The fourth-order valence-corrected chi connectivity index (χ4v) is 6.60. The number of nitrogens with zero attached hydrogens (tertiary/aromatic N) is 4. The number of pyridine rings is 1. The zero-order valence-electron chi connectivity index (χ0n) is 21.8. The number of anilines is 1. The number of allylic oxidation sites excluding steroid dienone is 2. The summed E-state index contributed by atoms with van der Waals surface area (Å²) in [6.45, 7) is 10.7. The maximum atomic E-state index is 6.03. The molecule has 5 nitrogen and oxygen atoms in total. The summed E-state index contributed by atoms with van der Waals surface area (Å²) < 4.78 is 8.26. The Kier molecular flexibility index (Phi) is 4.76. The van der Waals surface area contributed by atoms with Crippen LogP contribution in [0.3, 0.4) is 0 Å². The summed E-state index contributed by atoms with van der Waals surface area (Å²) in [7, 11) is 0. The molecular formula is C31H34N4O. The van der Waals surface area contributed by atoms with Crippen LogP contribution in [0.15, 0.2) is 47.1 Å². The second-order valence-electron chi connectivity index (χ2n) is 11.4. The Morgan fingerprint density at radius 2 is 1.67 bits per heavy atom. The van der Waals surface area contributed by atoms with Gasteiger partial charge in [-0.15, -0.1) is 0 Å². The lowest BCUT2D eigenvalue weighted by Crippen LogP contribution is -2.42. The highest BCUT2D eigenvalue weighted by Crippen LogP contribution is 2.56. The Balaban J connectivity index is 1.16. The zero-order chi connectivity index (χ0) is 24.6. The summed E-state index contributed by atoms with van der Waals surface area (Å²) in [5, 5.41) is 4.66. The zero-order valence-corrected chi connectivity index (χ0v) is 21.8. The molecule has 2 fully saturated rings. The summed E-state index contributed by atoms with van der Waals surface area (Å²) in [5.41, 5.74) is 11.5. The molecule has 3 aromatic heterocycles. The van der Waals surface area contributed by atoms with Crippen LogP contribution in [0, 0.1) is 33.1 Å². The Hall–Kier alpha value is -3.34. The van der Waals surface area contributed by atoms with Gasteiger partial charge in [0.1, 0.15) is 17.3 Å². The van der Waals surface area contributed by atoms with Crippen molar-refractivity contribution in [1.29, 1.82) is 0 Å². The molecule has 2 aliphatic carbocycles. The second kappa shape index (κ2) is 7.83. The van der Waals surface area contributed by atoms with Gasteiger partial charge in [-0.25, -0.2) is 4.98 Å². The molecule has 184 valence electrons. The summed E-state index contributed by atoms with van der Waals surface area (Å²) in [4.78, 5) is 7.19. The molecule has 1 spiro atoms. The van der Waals surface area contributed by atoms with Crippen LogP contribution in [-0.2, 0) is 0 Å². The first-order chi connectivity index (χ1) is 17.4. The number of aromatic nitrogens is 3. The first kappa shape index (κ1) is 21.9. The lowest BCUT2D eigenvalue weighted by molar-refractivity contribution is 0.277. The van der Waals surface area contributed by atoms with E-state index in [0.717, 1.165) is 42.5 Å². The van der Waals surface area contributed by atoms with Gasteiger partial charge in [0, 0.05) is 36.3 Å². The molecule has 0 bridgehead atoms. The molecule has 0 amide bonds. The predicted octanol–water partition coefficient (Wildman–Crippen LogP) is 7.17. The first-order valence-corrected chi connectivity index (χ1v) is 13.4. The lowest BCUT2D eigenvalue weighted by atomic mass is 9.63. The number of piperidine rings is 1. The molecule has 4 aromatic rings. The third-order valence-electron chi connectivity index (χ3n) is 8.83. The van der Waals surface area contributed by atoms with Gasteiger partial charge < -0.3 is 13.8 Å². The van der Waals surface area contributed by atoms with E-state index in [-0.39, 0.29) is 0 Å². The minimum absolute atomic E-state index is 0.313. The Bertz CT molecular complexity index is 1510.